The minimum Gasteiger partial charge on any atom is -0.353 e. The zero-order chi connectivity index (χ0) is 28.7. The zero-order valence-corrected chi connectivity index (χ0v) is 24.2. The molecule has 11 heteroatoms. The van der Waals surface area contributed by atoms with Gasteiger partial charge in [-0.1, -0.05) is 43.0 Å². The van der Waals surface area contributed by atoms with E-state index in [0.717, 1.165) is 76.2 Å². The molecule has 2 heterocycles. The molecule has 1 aromatic carbocycles. The highest BCUT2D eigenvalue weighted by atomic mass is 35.5. The summed E-state index contributed by atoms with van der Waals surface area (Å²) < 4.78 is 57.1. The van der Waals surface area contributed by atoms with Gasteiger partial charge in [0.1, 0.15) is 5.82 Å². The van der Waals surface area contributed by atoms with E-state index in [4.69, 9.17) is 11.6 Å². The Labute approximate surface area is 243 Å². The van der Waals surface area contributed by atoms with Gasteiger partial charge in [0.25, 0.3) is 0 Å². The van der Waals surface area contributed by atoms with Gasteiger partial charge in [0.05, 0.1) is 10.6 Å². The lowest BCUT2D eigenvalue weighted by atomic mass is 9.88. The molecule has 1 saturated carbocycles. The normalized spacial score (nSPS) is 22.8. The molecule has 40 heavy (non-hydrogen) atoms. The molecule has 4 rings (SSSR count). The fraction of sp³-hybridized carbons (Fsp3) is 0.586. The summed E-state index contributed by atoms with van der Waals surface area (Å²) in [5, 5.41) is 6.57. The van der Waals surface area contributed by atoms with Crippen LogP contribution in [-0.4, -0.2) is 52.7 Å². The van der Waals surface area contributed by atoms with Crippen molar-refractivity contribution in [3.8, 4) is 0 Å². The van der Waals surface area contributed by atoms with Gasteiger partial charge in [-0.3, -0.25) is 9.78 Å². The number of nitrogens with one attached hydrogen (secondary N) is 2. The lowest BCUT2D eigenvalue weighted by molar-refractivity contribution is -0.137. The van der Waals surface area contributed by atoms with Crippen LogP contribution in [0.4, 0.5) is 17.6 Å². The summed E-state index contributed by atoms with van der Waals surface area (Å²) in [6.45, 7) is 5.17. The van der Waals surface area contributed by atoms with Gasteiger partial charge in [-0.05, 0) is 67.3 Å². The molecule has 3 unspecified atom stereocenters. The zero-order valence-electron chi connectivity index (χ0n) is 22.7. The van der Waals surface area contributed by atoms with Crippen molar-refractivity contribution in [2.24, 2.45) is 5.92 Å². The molecule has 2 fully saturated rings. The highest BCUT2D eigenvalue weighted by Gasteiger charge is 2.34. The van der Waals surface area contributed by atoms with Crippen molar-refractivity contribution >= 4 is 29.5 Å². The first-order chi connectivity index (χ1) is 19.2. The molecule has 4 atom stereocenters. The molecule has 0 bridgehead atoms. The van der Waals surface area contributed by atoms with E-state index in [1.165, 1.54) is 18.3 Å². The van der Waals surface area contributed by atoms with Gasteiger partial charge >= 0.3 is 6.18 Å². The lowest BCUT2D eigenvalue weighted by Gasteiger charge is -2.36. The summed E-state index contributed by atoms with van der Waals surface area (Å²) in [5.74, 6) is -0.305. The largest absolute Gasteiger partial charge is 0.417 e. The molecule has 2 aromatic rings. The second kappa shape index (κ2) is 14.3. The Balaban J connectivity index is 1.44. The number of hydrogen-bond donors (Lipinski definition) is 2. The number of hydrogen-bond acceptors (Lipinski definition) is 5. The number of benzene rings is 1. The molecule has 2 aliphatic rings. The Bertz CT molecular complexity index is 1140. The molecule has 1 amide bonds. The van der Waals surface area contributed by atoms with Crippen LogP contribution in [-0.2, 0) is 11.0 Å². The summed E-state index contributed by atoms with van der Waals surface area (Å²) in [7, 11) is 0. The minimum atomic E-state index is -4.59. The van der Waals surface area contributed by atoms with Crippen molar-refractivity contribution in [3.05, 3.63) is 64.2 Å². The number of piperazine rings is 1. The highest BCUT2D eigenvalue weighted by Crippen LogP contribution is 2.36. The molecule has 0 radical (unpaired) electrons. The Morgan fingerprint density at radius 3 is 2.80 bits per heavy atom. The Hall–Kier alpha value is -1.88. The molecular formula is C29H37ClF4N4OS. The molecule has 1 aromatic heterocycles. The van der Waals surface area contributed by atoms with E-state index in [9.17, 15) is 22.4 Å². The van der Waals surface area contributed by atoms with Crippen molar-refractivity contribution in [1.82, 2.24) is 19.9 Å². The minimum absolute atomic E-state index is 0.0167. The van der Waals surface area contributed by atoms with Crippen molar-refractivity contribution in [3.63, 3.8) is 0 Å². The maximum absolute atomic E-state index is 14.3. The maximum atomic E-state index is 14.3. The van der Waals surface area contributed by atoms with Crippen molar-refractivity contribution in [2.45, 2.75) is 76.0 Å². The van der Waals surface area contributed by atoms with Crippen LogP contribution in [0.5, 0.6) is 0 Å². The SMILES string of the molecule is CCCSN1CCNCC1CC[C@H]1CCCC1NC(=O)CC(c1cncc(C(F)(F)F)c1)c1ccc(Cl)c(F)c1. The molecule has 1 aliphatic carbocycles. The van der Waals surface area contributed by atoms with Gasteiger partial charge in [0, 0.05) is 62.2 Å². The second-order valence-electron chi connectivity index (χ2n) is 10.7. The molecule has 0 spiro atoms. The van der Waals surface area contributed by atoms with Gasteiger partial charge < -0.3 is 10.6 Å². The van der Waals surface area contributed by atoms with E-state index in [-0.39, 0.29) is 29.0 Å². The third-order valence-corrected chi connectivity index (χ3v) is 9.57. The number of amides is 1. The van der Waals surface area contributed by atoms with E-state index in [2.05, 4.69) is 26.8 Å². The number of pyridine rings is 1. The summed E-state index contributed by atoms with van der Waals surface area (Å²) >= 11 is 7.77. The van der Waals surface area contributed by atoms with Gasteiger partial charge in [-0.25, -0.2) is 8.70 Å². The predicted octanol–water partition coefficient (Wildman–Crippen LogP) is 6.81. The smallest absolute Gasteiger partial charge is 0.353 e. The summed E-state index contributed by atoms with van der Waals surface area (Å²) in [4.78, 5) is 17.1. The first-order valence-electron chi connectivity index (χ1n) is 14.0. The molecule has 5 nitrogen and oxygen atoms in total. The molecule has 220 valence electrons. The van der Waals surface area contributed by atoms with E-state index >= 15 is 0 Å². The number of halogens is 5. The van der Waals surface area contributed by atoms with Crippen LogP contribution < -0.4 is 10.6 Å². The number of nitrogens with zero attached hydrogens (tertiary/aromatic N) is 2. The van der Waals surface area contributed by atoms with Gasteiger partial charge in [0.15, 0.2) is 0 Å². The van der Waals surface area contributed by atoms with Crippen molar-refractivity contribution in [1.29, 1.82) is 0 Å². The second-order valence-corrected chi connectivity index (χ2v) is 12.3. The van der Waals surface area contributed by atoms with Crippen molar-refractivity contribution < 1.29 is 22.4 Å². The third kappa shape index (κ3) is 8.33. The monoisotopic (exact) mass is 600 g/mol. The number of carbonyl (C=O) groups is 1. The van der Waals surface area contributed by atoms with Crippen LogP contribution in [0, 0.1) is 11.7 Å². The van der Waals surface area contributed by atoms with Gasteiger partial charge in [0.2, 0.25) is 5.91 Å². The fourth-order valence-electron chi connectivity index (χ4n) is 5.76. The first-order valence-corrected chi connectivity index (χ1v) is 15.3. The Morgan fingerprint density at radius 2 is 2.05 bits per heavy atom. The van der Waals surface area contributed by atoms with Gasteiger partial charge in [-0.2, -0.15) is 13.2 Å². The molecule has 2 N–H and O–H groups in total. The fourth-order valence-corrected chi connectivity index (χ4v) is 6.90. The summed E-state index contributed by atoms with van der Waals surface area (Å²) in [5.41, 5.74) is -0.344. The van der Waals surface area contributed by atoms with Crippen LogP contribution in [0.2, 0.25) is 5.02 Å². The maximum Gasteiger partial charge on any atom is 0.417 e. The highest BCUT2D eigenvalue weighted by molar-refractivity contribution is 7.97. The Morgan fingerprint density at radius 1 is 1.23 bits per heavy atom. The van der Waals surface area contributed by atoms with E-state index < -0.39 is 23.5 Å². The first kappa shape index (κ1) is 31.1. The van der Waals surface area contributed by atoms with E-state index in [1.807, 2.05) is 11.9 Å². The average Bonchev–Trinajstić information content (AvgIpc) is 3.37. The predicted molar refractivity (Wildman–Crippen MR) is 152 cm³/mol. The van der Waals surface area contributed by atoms with E-state index in [0.29, 0.717) is 17.5 Å². The third-order valence-electron chi connectivity index (χ3n) is 7.86. The summed E-state index contributed by atoms with van der Waals surface area (Å²) in [6.07, 6.45) is 3.46. The van der Waals surface area contributed by atoms with Crippen molar-refractivity contribution in [2.75, 3.05) is 25.4 Å². The average molecular weight is 601 g/mol. The quantitative estimate of drug-likeness (QED) is 0.219. The lowest BCUT2D eigenvalue weighted by Crippen LogP contribution is -2.48. The van der Waals surface area contributed by atoms with Crippen LogP contribution in [0.3, 0.4) is 0 Å². The van der Waals surface area contributed by atoms with Gasteiger partial charge in [-0.15, -0.1) is 0 Å². The van der Waals surface area contributed by atoms with E-state index in [1.54, 1.807) is 6.07 Å². The molecule has 1 aliphatic heterocycles. The van der Waals surface area contributed by atoms with Crippen LogP contribution in [0.15, 0.2) is 36.7 Å². The summed E-state index contributed by atoms with van der Waals surface area (Å²) in [6, 6.07) is 5.54. The standard InChI is InChI=1S/C29H37ClF4N4OS/c1-2-12-40-38-11-10-35-18-23(38)8-6-19-4-3-5-27(19)37-28(39)15-24(20-7-9-25(30)26(31)14-20)21-13-22(17-36-16-21)29(32,33)34/h7,9,13-14,16-17,19,23-24,27,35H,2-6,8,10-12,15,18H2,1H3,(H,37,39)/t19-,23?,24?,27?/m1/s1. The number of aromatic nitrogens is 1. The number of carbonyl (C=O) groups excluding carboxylic acids is 1. The number of alkyl halides is 3. The molecule has 1 saturated heterocycles. The molecular weight excluding hydrogens is 564 g/mol. The van der Waals surface area contributed by atoms with Crippen LogP contribution in [0.25, 0.3) is 0 Å². The topological polar surface area (TPSA) is 57.3 Å². The van der Waals surface area contributed by atoms with Crippen LogP contribution in [0.1, 0.15) is 74.5 Å². The number of rotatable bonds is 11. The van der Waals surface area contributed by atoms with Crippen LogP contribution >= 0.6 is 23.5 Å². The Kier molecular flexibility index (Phi) is 11.1.